The number of rotatable bonds is 5. The minimum Gasteiger partial charge on any atom is -0.448 e. The van der Waals surface area contributed by atoms with Crippen molar-refractivity contribution in [1.82, 2.24) is 0 Å². The van der Waals surface area contributed by atoms with Crippen molar-refractivity contribution in [2.75, 3.05) is 0 Å². The van der Waals surface area contributed by atoms with Crippen LogP contribution in [0.4, 0.5) is 0 Å². The van der Waals surface area contributed by atoms with Crippen molar-refractivity contribution >= 4 is 23.8 Å². The van der Waals surface area contributed by atoms with Gasteiger partial charge < -0.3 is 20.9 Å². The Kier molecular flexibility index (Phi) is 4.93. The molecule has 8 nitrogen and oxygen atoms in total. The smallest absolute Gasteiger partial charge is 0.303 e. The molecule has 0 spiro atoms. The fourth-order valence-electron chi connectivity index (χ4n) is 0.896. The second kappa shape index (κ2) is 5.69. The molecule has 0 aliphatic rings. The van der Waals surface area contributed by atoms with Crippen LogP contribution in [0.25, 0.3) is 0 Å². The maximum absolute atomic E-state index is 10.9. The number of carbonyl (C=O) groups is 4. The third-order valence-electron chi connectivity index (χ3n) is 1.42. The van der Waals surface area contributed by atoms with Crippen molar-refractivity contribution in [1.29, 1.82) is 0 Å². The maximum Gasteiger partial charge on any atom is 0.303 e. The molecule has 2 atom stereocenters. The molecule has 0 radical (unpaired) electrons. The molecule has 2 amide bonds. The molecule has 0 fully saturated rings. The highest BCUT2D eigenvalue weighted by molar-refractivity contribution is 5.92. The Morgan fingerprint density at radius 2 is 1.06 bits per heavy atom. The van der Waals surface area contributed by atoms with Gasteiger partial charge in [0.25, 0.3) is 11.8 Å². The molecule has 0 saturated heterocycles. The quantitative estimate of drug-likeness (QED) is 0.516. The highest BCUT2D eigenvalue weighted by atomic mass is 16.6. The SMILES string of the molecule is CC(=O)O[C@H](C(N)=O)[C@H](OC(C)=O)C(N)=O. The minimum absolute atomic E-state index is 0.859. The highest BCUT2D eigenvalue weighted by Crippen LogP contribution is 2.05. The van der Waals surface area contributed by atoms with Crippen LogP contribution in [0.3, 0.4) is 0 Å². The molecule has 16 heavy (non-hydrogen) atoms. The summed E-state index contributed by atoms with van der Waals surface area (Å²) >= 11 is 0. The maximum atomic E-state index is 10.9. The van der Waals surface area contributed by atoms with E-state index in [9.17, 15) is 19.2 Å². The van der Waals surface area contributed by atoms with Crippen LogP contribution in [0.2, 0.25) is 0 Å². The third kappa shape index (κ3) is 4.40. The first-order valence-corrected chi connectivity index (χ1v) is 4.18. The molecule has 0 aliphatic carbocycles. The number of amides is 2. The average Bonchev–Trinajstić information content (AvgIpc) is 2.09. The van der Waals surface area contributed by atoms with Gasteiger partial charge in [0.2, 0.25) is 12.2 Å². The summed E-state index contributed by atoms with van der Waals surface area (Å²) in [4.78, 5) is 43.1. The summed E-state index contributed by atoms with van der Waals surface area (Å²) in [7, 11) is 0. The lowest BCUT2D eigenvalue weighted by molar-refractivity contribution is -0.172. The number of ether oxygens (including phenoxy) is 2. The first-order valence-electron chi connectivity index (χ1n) is 4.18. The molecule has 0 unspecified atom stereocenters. The molecule has 0 aromatic heterocycles. The van der Waals surface area contributed by atoms with E-state index in [0.717, 1.165) is 13.8 Å². The zero-order valence-corrected chi connectivity index (χ0v) is 8.76. The van der Waals surface area contributed by atoms with Gasteiger partial charge in [0, 0.05) is 13.8 Å². The summed E-state index contributed by atoms with van der Waals surface area (Å²) in [6.07, 6.45) is -3.45. The Hall–Kier alpha value is -2.12. The number of hydrogen-bond donors (Lipinski definition) is 2. The van der Waals surface area contributed by atoms with Gasteiger partial charge in [-0.2, -0.15) is 0 Å². The lowest BCUT2D eigenvalue weighted by atomic mass is 10.2. The molecule has 0 saturated carbocycles. The highest BCUT2D eigenvalue weighted by Gasteiger charge is 2.36. The van der Waals surface area contributed by atoms with Crippen LogP contribution in [0.1, 0.15) is 13.8 Å². The largest absolute Gasteiger partial charge is 0.448 e. The van der Waals surface area contributed by atoms with Gasteiger partial charge in [0.1, 0.15) is 0 Å². The third-order valence-corrected chi connectivity index (χ3v) is 1.42. The summed E-state index contributed by atoms with van der Waals surface area (Å²) in [6.45, 7) is 2.00. The van der Waals surface area contributed by atoms with Gasteiger partial charge in [0.15, 0.2) is 0 Å². The van der Waals surface area contributed by atoms with Crippen LogP contribution in [0.5, 0.6) is 0 Å². The van der Waals surface area contributed by atoms with E-state index >= 15 is 0 Å². The lowest BCUT2D eigenvalue weighted by Gasteiger charge is -2.20. The van der Waals surface area contributed by atoms with Gasteiger partial charge in [-0.1, -0.05) is 0 Å². The predicted octanol–water partition coefficient (Wildman–Crippen LogP) is -2.18. The van der Waals surface area contributed by atoms with Gasteiger partial charge in [-0.05, 0) is 0 Å². The molecule has 0 rings (SSSR count). The van der Waals surface area contributed by atoms with E-state index in [2.05, 4.69) is 9.47 Å². The van der Waals surface area contributed by atoms with Crippen molar-refractivity contribution in [3.05, 3.63) is 0 Å². The van der Waals surface area contributed by atoms with Crippen molar-refractivity contribution in [3.63, 3.8) is 0 Å². The minimum atomic E-state index is -1.72. The fraction of sp³-hybridized carbons (Fsp3) is 0.500. The molecule has 0 bridgehead atoms. The fourth-order valence-corrected chi connectivity index (χ4v) is 0.896. The first-order chi connectivity index (χ1) is 7.25. The summed E-state index contributed by atoms with van der Waals surface area (Å²) in [5.74, 6) is -4.00. The van der Waals surface area contributed by atoms with Crippen LogP contribution < -0.4 is 11.5 Å². The summed E-state index contributed by atoms with van der Waals surface area (Å²) < 4.78 is 8.89. The summed E-state index contributed by atoms with van der Waals surface area (Å²) in [6, 6.07) is 0. The average molecular weight is 232 g/mol. The predicted molar refractivity (Wildman–Crippen MR) is 49.5 cm³/mol. The second-order valence-electron chi connectivity index (χ2n) is 2.86. The van der Waals surface area contributed by atoms with E-state index in [1.54, 1.807) is 0 Å². The number of esters is 2. The summed E-state index contributed by atoms with van der Waals surface area (Å²) in [5.41, 5.74) is 9.77. The Balaban J connectivity index is 4.93. The van der Waals surface area contributed by atoms with Crippen molar-refractivity contribution < 1.29 is 28.7 Å². The second-order valence-corrected chi connectivity index (χ2v) is 2.86. The molecular formula is C8H12N2O6. The van der Waals surface area contributed by atoms with Crippen LogP contribution >= 0.6 is 0 Å². The number of carbonyl (C=O) groups excluding carboxylic acids is 4. The lowest BCUT2D eigenvalue weighted by Crippen LogP contribution is -2.50. The van der Waals surface area contributed by atoms with E-state index < -0.39 is 36.0 Å². The van der Waals surface area contributed by atoms with Gasteiger partial charge >= 0.3 is 11.9 Å². The van der Waals surface area contributed by atoms with Crippen molar-refractivity contribution in [2.45, 2.75) is 26.1 Å². The Morgan fingerprint density at radius 1 is 0.812 bits per heavy atom. The first kappa shape index (κ1) is 13.9. The van der Waals surface area contributed by atoms with E-state index in [-0.39, 0.29) is 0 Å². The van der Waals surface area contributed by atoms with Gasteiger partial charge in [-0.3, -0.25) is 19.2 Å². The van der Waals surface area contributed by atoms with E-state index in [1.165, 1.54) is 0 Å². The van der Waals surface area contributed by atoms with E-state index in [1.807, 2.05) is 0 Å². The van der Waals surface area contributed by atoms with Gasteiger partial charge in [-0.25, -0.2) is 0 Å². The van der Waals surface area contributed by atoms with Crippen LogP contribution in [-0.2, 0) is 28.7 Å². The molecule has 0 heterocycles. The summed E-state index contributed by atoms with van der Waals surface area (Å²) in [5, 5.41) is 0. The number of primary amides is 2. The van der Waals surface area contributed by atoms with Crippen LogP contribution in [0.15, 0.2) is 0 Å². The Labute approximate surface area is 90.8 Å². The van der Waals surface area contributed by atoms with E-state index in [0.29, 0.717) is 0 Å². The monoisotopic (exact) mass is 232 g/mol. The standard InChI is InChI=1S/C8H12N2O6/c1-3(11)15-5(7(9)13)6(8(10)14)16-4(2)12/h5-6H,1-2H3,(H2,9,13)(H2,10,14)/t5-,6-/m0/s1. The Bertz CT molecular complexity index is 294. The topological polar surface area (TPSA) is 139 Å². The van der Waals surface area contributed by atoms with Gasteiger partial charge in [0.05, 0.1) is 0 Å². The van der Waals surface area contributed by atoms with Gasteiger partial charge in [-0.15, -0.1) is 0 Å². The number of hydrogen-bond acceptors (Lipinski definition) is 6. The zero-order valence-electron chi connectivity index (χ0n) is 8.76. The molecule has 0 aromatic rings. The molecule has 0 aromatic carbocycles. The molecule has 0 aliphatic heterocycles. The van der Waals surface area contributed by atoms with Crippen molar-refractivity contribution in [3.8, 4) is 0 Å². The molecule has 90 valence electrons. The normalized spacial score (nSPS) is 13.4. The zero-order chi connectivity index (χ0) is 12.9. The molecule has 8 heteroatoms. The molecular weight excluding hydrogens is 220 g/mol. The number of nitrogens with two attached hydrogens (primary N) is 2. The van der Waals surface area contributed by atoms with Crippen molar-refractivity contribution in [2.24, 2.45) is 11.5 Å². The van der Waals surface area contributed by atoms with Crippen LogP contribution in [-0.4, -0.2) is 36.0 Å². The Morgan fingerprint density at radius 3 is 1.19 bits per heavy atom. The van der Waals surface area contributed by atoms with Crippen LogP contribution in [0, 0.1) is 0 Å². The van der Waals surface area contributed by atoms with E-state index in [4.69, 9.17) is 11.5 Å². The molecule has 4 N–H and O–H groups in total.